The van der Waals surface area contributed by atoms with Crippen LogP contribution in [-0.4, -0.2) is 51.9 Å². The van der Waals surface area contributed by atoms with Gasteiger partial charge in [0.2, 0.25) is 0 Å². The number of rotatable bonds is 8. The molecule has 0 spiro atoms. The summed E-state index contributed by atoms with van der Waals surface area (Å²) in [6.07, 6.45) is 1.68. The van der Waals surface area contributed by atoms with E-state index in [1.165, 1.54) is 16.4 Å². The largest absolute Gasteiger partial charge is 0.351 e. The molecule has 7 heteroatoms. The number of fused-ring (bicyclic) bond motifs is 1. The van der Waals surface area contributed by atoms with Gasteiger partial charge in [0.1, 0.15) is 0 Å². The van der Waals surface area contributed by atoms with Crippen molar-refractivity contribution >= 4 is 21.6 Å². The molecular weight excluding hydrogens is 386 g/mol. The maximum absolute atomic E-state index is 13.2. The van der Waals surface area contributed by atoms with Crippen molar-refractivity contribution in [2.75, 3.05) is 37.0 Å². The van der Waals surface area contributed by atoms with Gasteiger partial charge >= 0.3 is 0 Å². The fourth-order valence-corrected chi connectivity index (χ4v) is 5.16. The van der Waals surface area contributed by atoms with Gasteiger partial charge in [0.25, 0.3) is 15.9 Å². The summed E-state index contributed by atoms with van der Waals surface area (Å²) in [4.78, 5) is 14.8. The topological polar surface area (TPSA) is 69.7 Å². The second-order valence-corrected chi connectivity index (χ2v) is 8.98. The number of carbonyl (C=O) groups excluding carboxylic acids is 1. The van der Waals surface area contributed by atoms with Crippen molar-refractivity contribution in [2.24, 2.45) is 0 Å². The van der Waals surface area contributed by atoms with Crippen molar-refractivity contribution in [3.05, 3.63) is 59.7 Å². The van der Waals surface area contributed by atoms with Gasteiger partial charge in [0.15, 0.2) is 0 Å². The molecule has 0 atom stereocenters. The van der Waals surface area contributed by atoms with E-state index in [-0.39, 0.29) is 10.8 Å². The first-order chi connectivity index (χ1) is 14.0. The lowest BCUT2D eigenvalue weighted by Gasteiger charge is -2.30. The standard InChI is InChI=1S/C22H29N3O3S/c1-3-24(4-2)17-15-23-22(26)19-11-13-20(14-12-19)29(27,28)25-16-7-9-18-8-5-6-10-21(18)25/h5-6,8,10-14H,3-4,7,9,15-17H2,1-2H3,(H,23,26). The highest BCUT2D eigenvalue weighted by Crippen LogP contribution is 2.31. The molecule has 0 aromatic heterocycles. The lowest BCUT2D eigenvalue weighted by molar-refractivity contribution is 0.0949. The molecule has 2 aromatic rings. The molecule has 0 saturated carbocycles. The van der Waals surface area contributed by atoms with Crippen molar-refractivity contribution in [3.63, 3.8) is 0 Å². The Balaban J connectivity index is 1.71. The second kappa shape index (κ2) is 9.41. The third kappa shape index (κ3) is 4.79. The summed E-state index contributed by atoms with van der Waals surface area (Å²) in [6, 6.07) is 13.8. The Morgan fingerprint density at radius 3 is 2.45 bits per heavy atom. The minimum atomic E-state index is -3.66. The van der Waals surface area contributed by atoms with Crippen LogP contribution in [-0.2, 0) is 16.4 Å². The van der Waals surface area contributed by atoms with Crippen LogP contribution in [0.1, 0.15) is 36.2 Å². The first kappa shape index (κ1) is 21.3. The van der Waals surface area contributed by atoms with Gasteiger partial charge in [-0.2, -0.15) is 0 Å². The van der Waals surface area contributed by atoms with Gasteiger partial charge < -0.3 is 10.2 Å². The number of carbonyl (C=O) groups is 1. The van der Waals surface area contributed by atoms with Crippen molar-refractivity contribution < 1.29 is 13.2 Å². The van der Waals surface area contributed by atoms with Crippen molar-refractivity contribution in [2.45, 2.75) is 31.6 Å². The molecule has 156 valence electrons. The molecule has 1 aliphatic heterocycles. The van der Waals surface area contributed by atoms with E-state index in [4.69, 9.17) is 0 Å². The number of amides is 1. The lowest BCUT2D eigenvalue weighted by Crippen LogP contribution is -2.35. The number of likely N-dealkylation sites (N-methyl/N-ethyl adjacent to an activating group) is 1. The number of benzene rings is 2. The van der Waals surface area contributed by atoms with Crippen molar-refractivity contribution in [1.82, 2.24) is 10.2 Å². The smallest absolute Gasteiger partial charge is 0.264 e. The fraction of sp³-hybridized carbons (Fsp3) is 0.409. The molecular formula is C22H29N3O3S. The van der Waals surface area contributed by atoms with Gasteiger partial charge in [-0.3, -0.25) is 9.10 Å². The number of nitrogens with zero attached hydrogens (tertiary/aromatic N) is 2. The van der Waals surface area contributed by atoms with Crippen LogP contribution < -0.4 is 9.62 Å². The number of sulfonamides is 1. The number of aryl methyl sites for hydroxylation is 1. The predicted molar refractivity (Wildman–Crippen MR) is 116 cm³/mol. The van der Waals surface area contributed by atoms with Crippen molar-refractivity contribution in [3.8, 4) is 0 Å². The molecule has 29 heavy (non-hydrogen) atoms. The van der Waals surface area contributed by atoms with Gasteiger partial charge in [-0.1, -0.05) is 32.0 Å². The van der Waals surface area contributed by atoms with Crippen LogP contribution in [0.15, 0.2) is 53.4 Å². The highest BCUT2D eigenvalue weighted by atomic mass is 32.2. The Morgan fingerprint density at radius 1 is 1.07 bits per heavy atom. The highest BCUT2D eigenvalue weighted by Gasteiger charge is 2.28. The third-order valence-electron chi connectivity index (χ3n) is 5.38. The minimum Gasteiger partial charge on any atom is -0.351 e. The van der Waals surface area contributed by atoms with Crippen LogP contribution in [0, 0.1) is 0 Å². The molecule has 1 amide bonds. The van der Waals surface area contributed by atoms with E-state index in [0.717, 1.165) is 43.7 Å². The van der Waals surface area contributed by atoms with E-state index in [1.54, 1.807) is 12.1 Å². The number of anilines is 1. The molecule has 1 aliphatic rings. The van der Waals surface area contributed by atoms with Crippen LogP contribution in [0.3, 0.4) is 0 Å². The molecule has 0 aliphatic carbocycles. The Morgan fingerprint density at radius 2 is 1.76 bits per heavy atom. The zero-order valence-electron chi connectivity index (χ0n) is 17.1. The first-order valence-electron chi connectivity index (χ1n) is 10.2. The fourth-order valence-electron chi connectivity index (χ4n) is 3.62. The summed E-state index contributed by atoms with van der Waals surface area (Å²) in [5.74, 6) is -0.190. The highest BCUT2D eigenvalue weighted by molar-refractivity contribution is 7.92. The first-order valence-corrected chi connectivity index (χ1v) is 11.6. The van der Waals surface area contributed by atoms with Gasteiger partial charge in [-0.05, 0) is 61.8 Å². The Hall–Kier alpha value is -2.38. The molecule has 0 unspecified atom stereocenters. The van der Waals surface area contributed by atoms with E-state index in [2.05, 4.69) is 24.1 Å². The summed E-state index contributed by atoms with van der Waals surface area (Å²) in [5, 5.41) is 2.89. The Labute approximate surface area is 173 Å². The average Bonchev–Trinajstić information content (AvgIpc) is 2.76. The number of hydrogen-bond acceptors (Lipinski definition) is 4. The van der Waals surface area contributed by atoms with Crippen LogP contribution in [0.4, 0.5) is 5.69 Å². The van der Waals surface area contributed by atoms with Crippen LogP contribution >= 0.6 is 0 Å². The predicted octanol–water partition coefficient (Wildman–Crippen LogP) is 2.90. The maximum Gasteiger partial charge on any atom is 0.264 e. The Bertz CT molecular complexity index is 938. The molecule has 1 N–H and O–H groups in total. The molecule has 2 aromatic carbocycles. The minimum absolute atomic E-state index is 0.190. The average molecular weight is 416 g/mol. The van der Waals surface area contributed by atoms with Crippen LogP contribution in [0.25, 0.3) is 0 Å². The molecule has 1 heterocycles. The summed E-state index contributed by atoms with van der Waals surface area (Å²) in [6.45, 7) is 7.88. The number of hydrogen-bond donors (Lipinski definition) is 1. The summed E-state index contributed by atoms with van der Waals surface area (Å²) >= 11 is 0. The van der Waals surface area contributed by atoms with E-state index in [9.17, 15) is 13.2 Å². The second-order valence-electron chi connectivity index (χ2n) is 7.12. The van der Waals surface area contributed by atoms with E-state index in [1.807, 2.05) is 24.3 Å². The summed E-state index contributed by atoms with van der Waals surface area (Å²) in [7, 11) is -3.66. The lowest BCUT2D eigenvalue weighted by atomic mass is 10.0. The van der Waals surface area contributed by atoms with Crippen LogP contribution in [0.2, 0.25) is 0 Å². The van der Waals surface area contributed by atoms with Gasteiger partial charge in [-0.25, -0.2) is 8.42 Å². The number of para-hydroxylation sites is 1. The quantitative estimate of drug-likeness (QED) is 0.720. The zero-order valence-corrected chi connectivity index (χ0v) is 17.9. The van der Waals surface area contributed by atoms with Gasteiger partial charge in [0, 0.05) is 25.2 Å². The normalized spacial score (nSPS) is 14.0. The zero-order chi connectivity index (χ0) is 20.9. The van der Waals surface area contributed by atoms with E-state index in [0.29, 0.717) is 18.7 Å². The molecule has 3 rings (SSSR count). The van der Waals surface area contributed by atoms with E-state index >= 15 is 0 Å². The molecule has 0 radical (unpaired) electrons. The maximum atomic E-state index is 13.2. The summed E-state index contributed by atoms with van der Waals surface area (Å²) in [5.41, 5.74) is 2.26. The van der Waals surface area contributed by atoms with Crippen LogP contribution in [0.5, 0.6) is 0 Å². The molecule has 0 bridgehead atoms. The van der Waals surface area contributed by atoms with Gasteiger partial charge in [-0.15, -0.1) is 0 Å². The summed E-state index contributed by atoms with van der Waals surface area (Å²) < 4.78 is 27.8. The number of nitrogens with one attached hydrogen (secondary N) is 1. The Kier molecular flexibility index (Phi) is 6.92. The van der Waals surface area contributed by atoms with Gasteiger partial charge in [0.05, 0.1) is 10.6 Å². The van der Waals surface area contributed by atoms with Crippen molar-refractivity contribution in [1.29, 1.82) is 0 Å². The molecule has 0 fully saturated rings. The monoisotopic (exact) mass is 415 g/mol. The van der Waals surface area contributed by atoms with E-state index < -0.39 is 10.0 Å². The molecule has 0 saturated heterocycles. The third-order valence-corrected chi connectivity index (χ3v) is 7.21. The SMILES string of the molecule is CCN(CC)CCNC(=O)c1ccc(S(=O)(=O)N2CCCc3ccccc32)cc1. The molecule has 6 nitrogen and oxygen atoms in total.